The van der Waals surface area contributed by atoms with Crippen LogP contribution in [-0.4, -0.2) is 41.7 Å². The lowest BCUT2D eigenvalue weighted by Crippen LogP contribution is -2.36. The highest BCUT2D eigenvalue weighted by atomic mass is 35.5. The molecule has 0 aromatic heterocycles. The Balaban J connectivity index is 1.54. The van der Waals surface area contributed by atoms with Crippen LogP contribution in [0.25, 0.3) is 0 Å². The molecule has 1 aliphatic heterocycles. The first-order valence-electron chi connectivity index (χ1n) is 10.4. The molecule has 2 aromatic rings. The Kier molecular flexibility index (Phi) is 9.41. The SMILES string of the molecule is CC=CCCOC(c1ccc(Cl)cc1)C(Cl)N1C=CN(CCNc2ccc(Cl)cc2)C1. The minimum Gasteiger partial charge on any atom is -0.383 e. The van der Waals surface area contributed by atoms with Crippen LogP contribution in [0.1, 0.15) is 25.0 Å². The maximum atomic E-state index is 6.89. The van der Waals surface area contributed by atoms with Crippen LogP contribution < -0.4 is 5.32 Å². The molecule has 2 unspecified atom stereocenters. The molecule has 2 aromatic carbocycles. The van der Waals surface area contributed by atoms with Crippen LogP contribution in [0, 0.1) is 0 Å². The van der Waals surface area contributed by atoms with Crippen molar-refractivity contribution in [1.29, 1.82) is 0 Å². The molecule has 0 saturated heterocycles. The number of ether oxygens (including phenoxy) is 1. The van der Waals surface area contributed by atoms with Crippen LogP contribution in [0.2, 0.25) is 10.0 Å². The van der Waals surface area contributed by atoms with E-state index in [9.17, 15) is 0 Å². The predicted octanol–water partition coefficient (Wildman–Crippen LogP) is 6.74. The van der Waals surface area contributed by atoms with Gasteiger partial charge in [0.25, 0.3) is 0 Å². The lowest BCUT2D eigenvalue weighted by molar-refractivity contribution is 0.0203. The zero-order chi connectivity index (χ0) is 22.1. The molecule has 1 heterocycles. The fraction of sp³-hybridized carbons (Fsp3) is 0.333. The van der Waals surface area contributed by atoms with E-state index in [-0.39, 0.29) is 11.6 Å². The van der Waals surface area contributed by atoms with Crippen molar-refractivity contribution in [3.63, 3.8) is 0 Å². The quantitative estimate of drug-likeness (QED) is 0.167. The van der Waals surface area contributed by atoms with Gasteiger partial charge in [0.15, 0.2) is 0 Å². The molecule has 0 aliphatic carbocycles. The highest BCUT2D eigenvalue weighted by Gasteiger charge is 2.29. The summed E-state index contributed by atoms with van der Waals surface area (Å²) in [5.74, 6) is 0. The van der Waals surface area contributed by atoms with Gasteiger partial charge < -0.3 is 19.9 Å². The van der Waals surface area contributed by atoms with Gasteiger partial charge in [-0.15, -0.1) is 0 Å². The van der Waals surface area contributed by atoms with Crippen LogP contribution in [0.3, 0.4) is 0 Å². The van der Waals surface area contributed by atoms with Crippen LogP contribution in [0.4, 0.5) is 5.69 Å². The third-order valence-electron chi connectivity index (χ3n) is 4.97. The van der Waals surface area contributed by atoms with Crippen LogP contribution >= 0.6 is 34.8 Å². The second-order valence-electron chi connectivity index (χ2n) is 7.27. The lowest BCUT2D eigenvalue weighted by Gasteiger charge is -2.31. The number of anilines is 1. The van der Waals surface area contributed by atoms with Crippen LogP contribution in [0.5, 0.6) is 0 Å². The Labute approximate surface area is 200 Å². The number of rotatable bonds is 11. The lowest BCUT2D eigenvalue weighted by atomic mass is 10.1. The monoisotopic (exact) mass is 479 g/mol. The zero-order valence-corrected chi connectivity index (χ0v) is 19.8. The van der Waals surface area contributed by atoms with Crippen molar-refractivity contribution < 1.29 is 4.74 Å². The molecule has 4 nitrogen and oxygen atoms in total. The summed E-state index contributed by atoms with van der Waals surface area (Å²) in [7, 11) is 0. The molecule has 0 saturated carbocycles. The van der Waals surface area contributed by atoms with E-state index >= 15 is 0 Å². The second-order valence-corrected chi connectivity index (χ2v) is 8.59. The molecule has 2 atom stereocenters. The number of alkyl halides is 1. The summed E-state index contributed by atoms with van der Waals surface area (Å²) in [4.78, 5) is 4.32. The van der Waals surface area contributed by atoms with Gasteiger partial charge in [0.05, 0.1) is 13.3 Å². The Morgan fingerprint density at radius 1 is 1.03 bits per heavy atom. The van der Waals surface area contributed by atoms with E-state index in [0.29, 0.717) is 18.3 Å². The largest absolute Gasteiger partial charge is 0.383 e. The van der Waals surface area contributed by atoms with Crippen molar-refractivity contribution in [2.75, 3.05) is 31.7 Å². The number of nitrogens with zero attached hydrogens (tertiary/aromatic N) is 2. The molecule has 1 N–H and O–H groups in total. The van der Waals surface area contributed by atoms with Crippen LogP contribution in [-0.2, 0) is 4.74 Å². The summed E-state index contributed by atoms with van der Waals surface area (Å²) >= 11 is 18.9. The highest BCUT2D eigenvalue weighted by molar-refractivity contribution is 6.30. The number of allylic oxidation sites excluding steroid dienone is 1. The van der Waals surface area contributed by atoms with Crippen molar-refractivity contribution in [1.82, 2.24) is 9.80 Å². The summed E-state index contributed by atoms with van der Waals surface area (Å²) in [6.45, 7) is 4.98. The van der Waals surface area contributed by atoms with Gasteiger partial charge in [0.1, 0.15) is 11.6 Å². The maximum absolute atomic E-state index is 6.89. The van der Waals surface area contributed by atoms with E-state index in [2.05, 4.69) is 27.4 Å². The van der Waals surface area contributed by atoms with Gasteiger partial charge >= 0.3 is 0 Å². The van der Waals surface area contributed by atoms with Gasteiger partial charge in [0.2, 0.25) is 0 Å². The van der Waals surface area contributed by atoms with Crippen molar-refractivity contribution >= 4 is 40.5 Å². The Morgan fingerprint density at radius 2 is 1.71 bits per heavy atom. The minimum absolute atomic E-state index is 0.263. The van der Waals surface area contributed by atoms with Crippen molar-refractivity contribution in [3.05, 3.63) is 88.7 Å². The average Bonchev–Trinajstić information content (AvgIpc) is 3.25. The Morgan fingerprint density at radius 3 is 2.39 bits per heavy atom. The first kappa shape index (κ1) is 23.8. The molecule has 0 bridgehead atoms. The Bertz CT molecular complexity index is 855. The maximum Gasteiger partial charge on any atom is 0.135 e. The smallest absolute Gasteiger partial charge is 0.135 e. The summed E-state index contributed by atoms with van der Waals surface area (Å²) in [6, 6.07) is 15.4. The molecular formula is C24H28Cl3N3O. The molecule has 0 amide bonds. The summed E-state index contributed by atoms with van der Waals surface area (Å²) in [5.41, 5.74) is 1.73. The van der Waals surface area contributed by atoms with E-state index in [4.69, 9.17) is 39.5 Å². The fourth-order valence-electron chi connectivity index (χ4n) is 3.29. The Hall–Kier alpha value is -1.85. The first-order chi connectivity index (χ1) is 15.1. The number of benzene rings is 2. The molecule has 3 rings (SSSR count). The number of hydrogen-bond donors (Lipinski definition) is 1. The molecule has 0 spiro atoms. The van der Waals surface area contributed by atoms with Gasteiger partial charge in [-0.05, 0) is 55.3 Å². The van der Waals surface area contributed by atoms with Gasteiger partial charge in [-0.25, -0.2) is 0 Å². The molecule has 166 valence electrons. The van der Waals surface area contributed by atoms with E-state index < -0.39 is 0 Å². The summed E-state index contributed by atoms with van der Waals surface area (Å²) < 4.78 is 6.18. The second kappa shape index (κ2) is 12.3. The van der Waals surface area contributed by atoms with Gasteiger partial charge in [-0.1, -0.05) is 59.1 Å². The fourth-order valence-corrected chi connectivity index (χ4v) is 3.89. The number of nitrogens with one attached hydrogen (secondary N) is 1. The standard InChI is InChI=1S/C24H28Cl3N3O/c1-2-3-4-17-31-23(19-5-7-20(25)8-6-19)24(27)30-16-15-29(18-30)14-13-28-22-11-9-21(26)10-12-22/h2-3,5-12,15-16,23-24,28H,4,13-14,17-18H2,1H3. The van der Waals surface area contributed by atoms with Crippen molar-refractivity contribution in [2.24, 2.45) is 0 Å². The molecule has 0 fully saturated rings. The van der Waals surface area contributed by atoms with Crippen LogP contribution in [0.15, 0.2) is 73.1 Å². The van der Waals surface area contributed by atoms with E-state index in [1.807, 2.05) is 67.7 Å². The molecule has 1 aliphatic rings. The topological polar surface area (TPSA) is 27.7 Å². The van der Waals surface area contributed by atoms with Gasteiger partial charge in [-0.2, -0.15) is 0 Å². The van der Waals surface area contributed by atoms with Gasteiger partial charge in [0, 0.05) is 41.2 Å². The summed E-state index contributed by atoms with van der Waals surface area (Å²) in [5, 5.41) is 4.84. The number of halogens is 3. The third kappa shape index (κ3) is 7.36. The predicted molar refractivity (Wildman–Crippen MR) is 132 cm³/mol. The highest BCUT2D eigenvalue weighted by Crippen LogP contribution is 2.31. The van der Waals surface area contributed by atoms with Gasteiger partial charge in [-0.3, -0.25) is 0 Å². The normalized spacial score (nSPS) is 15.6. The molecular weight excluding hydrogens is 453 g/mol. The van der Waals surface area contributed by atoms with Crippen molar-refractivity contribution in [2.45, 2.75) is 24.9 Å². The third-order valence-corrected chi connectivity index (χ3v) is 5.95. The minimum atomic E-state index is -0.336. The van der Waals surface area contributed by atoms with Crippen molar-refractivity contribution in [3.8, 4) is 0 Å². The first-order valence-corrected chi connectivity index (χ1v) is 11.6. The molecule has 7 heteroatoms. The molecule has 0 radical (unpaired) electrons. The zero-order valence-electron chi connectivity index (χ0n) is 17.6. The molecule has 31 heavy (non-hydrogen) atoms. The summed E-state index contributed by atoms with van der Waals surface area (Å²) in [6.07, 6.45) is 8.80. The van der Waals surface area contributed by atoms with E-state index in [1.165, 1.54) is 0 Å². The van der Waals surface area contributed by atoms with E-state index in [0.717, 1.165) is 35.8 Å². The van der Waals surface area contributed by atoms with E-state index in [1.54, 1.807) is 0 Å². The number of hydrogen-bond acceptors (Lipinski definition) is 4. The average molecular weight is 481 g/mol.